The highest BCUT2D eigenvalue weighted by Crippen LogP contribution is 2.38. The van der Waals surface area contributed by atoms with Gasteiger partial charge in [-0.3, -0.25) is 4.79 Å². The molecule has 2 aromatic carbocycles. The fourth-order valence-electron chi connectivity index (χ4n) is 3.35. The van der Waals surface area contributed by atoms with Crippen molar-refractivity contribution < 1.29 is 13.9 Å². The third kappa shape index (κ3) is 5.52. The van der Waals surface area contributed by atoms with Crippen molar-refractivity contribution >= 4 is 40.1 Å². The third-order valence-electron chi connectivity index (χ3n) is 4.67. The van der Waals surface area contributed by atoms with Gasteiger partial charge in [-0.1, -0.05) is 50.6 Å². The minimum Gasteiger partial charge on any atom is -0.469 e. The zero-order valence-electron chi connectivity index (χ0n) is 17.6. The predicted molar refractivity (Wildman–Crippen MR) is 123 cm³/mol. The number of hydrogen-bond acceptors (Lipinski definition) is 4. The maximum Gasteiger partial charge on any atom is 0.306 e. The van der Waals surface area contributed by atoms with Gasteiger partial charge in [0.15, 0.2) is 11.0 Å². The number of ether oxygens (including phenoxy) is 1. The van der Waals surface area contributed by atoms with Crippen LogP contribution in [-0.4, -0.2) is 23.8 Å². The van der Waals surface area contributed by atoms with Crippen LogP contribution in [-0.2, 0) is 16.0 Å². The molecule has 1 heterocycles. The lowest BCUT2D eigenvalue weighted by Crippen LogP contribution is -2.08. The van der Waals surface area contributed by atoms with Crippen LogP contribution in [0.1, 0.15) is 32.8 Å². The van der Waals surface area contributed by atoms with E-state index in [1.807, 2.05) is 12.1 Å². The molecule has 1 aromatic heterocycles. The van der Waals surface area contributed by atoms with E-state index in [0.717, 1.165) is 27.7 Å². The number of nitrogens with zero attached hydrogens (tertiary/aromatic N) is 1. The number of fused-ring (bicyclic) bond motifs is 1. The third-order valence-corrected chi connectivity index (χ3v) is 5.99. The van der Waals surface area contributed by atoms with E-state index >= 15 is 0 Å². The number of aromatic nitrogens is 1. The van der Waals surface area contributed by atoms with Crippen molar-refractivity contribution in [2.75, 3.05) is 12.9 Å². The number of halogens is 2. The van der Waals surface area contributed by atoms with E-state index in [1.165, 1.54) is 30.6 Å². The van der Waals surface area contributed by atoms with Crippen LogP contribution in [0.5, 0.6) is 0 Å². The highest BCUT2D eigenvalue weighted by molar-refractivity contribution is 7.99. The number of methoxy groups -OCH3 is 1. The SMILES string of the molecule is COC(=O)CCSc1cc2ccc(CC(C)(C)C)cc2cc1-c1ccnc(Cl)c1F. The second-order valence-corrected chi connectivity index (χ2v) is 9.90. The summed E-state index contributed by atoms with van der Waals surface area (Å²) in [6, 6.07) is 12.1. The van der Waals surface area contributed by atoms with Crippen molar-refractivity contribution in [1.29, 1.82) is 0 Å². The summed E-state index contributed by atoms with van der Waals surface area (Å²) in [6.45, 7) is 6.62. The second-order valence-electron chi connectivity index (χ2n) is 8.41. The molecule has 0 bridgehead atoms. The van der Waals surface area contributed by atoms with Crippen LogP contribution in [0.3, 0.4) is 0 Å². The summed E-state index contributed by atoms with van der Waals surface area (Å²) in [7, 11) is 1.37. The summed E-state index contributed by atoms with van der Waals surface area (Å²) in [5.41, 5.74) is 2.55. The Kier molecular flexibility index (Phi) is 7.04. The first-order chi connectivity index (χ1) is 14.2. The van der Waals surface area contributed by atoms with Crippen molar-refractivity contribution in [2.24, 2.45) is 5.41 Å². The first-order valence-electron chi connectivity index (χ1n) is 9.74. The molecule has 0 atom stereocenters. The van der Waals surface area contributed by atoms with Gasteiger partial charge >= 0.3 is 5.97 Å². The number of hydrogen-bond donors (Lipinski definition) is 0. The Balaban J connectivity index is 2.08. The van der Waals surface area contributed by atoms with Crippen molar-refractivity contribution in [2.45, 2.75) is 38.5 Å². The summed E-state index contributed by atoms with van der Waals surface area (Å²) in [5, 5.41) is 1.95. The molecular formula is C24H25ClFNO2S. The number of thioether (sulfide) groups is 1. The summed E-state index contributed by atoms with van der Waals surface area (Å²) in [4.78, 5) is 16.2. The lowest BCUT2D eigenvalue weighted by Gasteiger charge is -2.19. The predicted octanol–water partition coefficient (Wildman–Crippen LogP) is 6.94. The van der Waals surface area contributed by atoms with Crippen molar-refractivity contribution in [3.8, 4) is 11.1 Å². The Labute approximate surface area is 186 Å². The highest BCUT2D eigenvalue weighted by Gasteiger charge is 2.17. The maximum atomic E-state index is 14.8. The van der Waals surface area contributed by atoms with Crippen molar-refractivity contribution in [3.63, 3.8) is 0 Å². The molecule has 6 heteroatoms. The average Bonchev–Trinajstić information content (AvgIpc) is 2.68. The highest BCUT2D eigenvalue weighted by atomic mass is 35.5. The van der Waals surface area contributed by atoms with Crippen LogP contribution in [0.15, 0.2) is 47.5 Å². The van der Waals surface area contributed by atoms with Crippen molar-refractivity contribution in [1.82, 2.24) is 4.98 Å². The van der Waals surface area contributed by atoms with E-state index in [1.54, 1.807) is 6.07 Å². The quantitative estimate of drug-likeness (QED) is 0.234. The number of rotatable bonds is 6. The van der Waals surface area contributed by atoms with Gasteiger partial charge in [0.25, 0.3) is 0 Å². The van der Waals surface area contributed by atoms with E-state index in [-0.39, 0.29) is 23.0 Å². The largest absolute Gasteiger partial charge is 0.469 e. The molecule has 0 radical (unpaired) electrons. The molecule has 0 amide bonds. The van der Waals surface area contributed by atoms with Gasteiger partial charge in [0.2, 0.25) is 0 Å². The monoisotopic (exact) mass is 445 g/mol. The number of carbonyl (C=O) groups excluding carboxylic acids is 1. The summed E-state index contributed by atoms with van der Waals surface area (Å²) >= 11 is 7.44. The van der Waals surface area contributed by atoms with Gasteiger partial charge in [-0.25, -0.2) is 9.37 Å². The van der Waals surface area contributed by atoms with E-state index in [0.29, 0.717) is 11.3 Å². The molecule has 30 heavy (non-hydrogen) atoms. The van der Waals surface area contributed by atoms with Gasteiger partial charge in [-0.05, 0) is 51.9 Å². The van der Waals surface area contributed by atoms with Crippen LogP contribution in [0.2, 0.25) is 5.15 Å². The summed E-state index contributed by atoms with van der Waals surface area (Å²) in [6.07, 6.45) is 2.73. The molecular weight excluding hydrogens is 421 g/mol. The molecule has 0 spiro atoms. The molecule has 0 unspecified atom stereocenters. The fraction of sp³-hybridized carbons (Fsp3) is 0.333. The van der Waals surface area contributed by atoms with Crippen LogP contribution < -0.4 is 0 Å². The lowest BCUT2D eigenvalue weighted by molar-refractivity contribution is -0.140. The zero-order valence-corrected chi connectivity index (χ0v) is 19.2. The lowest BCUT2D eigenvalue weighted by atomic mass is 9.87. The number of pyridine rings is 1. The molecule has 3 nitrogen and oxygen atoms in total. The van der Waals surface area contributed by atoms with Crippen LogP contribution in [0.4, 0.5) is 4.39 Å². The second kappa shape index (κ2) is 9.36. The Morgan fingerprint density at radius 3 is 2.60 bits per heavy atom. The first kappa shape index (κ1) is 22.6. The fourth-order valence-corrected chi connectivity index (χ4v) is 4.53. The Bertz CT molecular complexity index is 1080. The molecule has 0 aliphatic heterocycles. The molecule has 0 aliphatic carbocycles. The maximum absolute atomic E-state index is 14.8. The standard InChI is InChI=1S/C24H25ClFNO2S/c1-24(2,3)14-15-5-6-16-13-20(30-10-8-21(28)29-4)19(12-17(16)11-15)18-7-9-27-23(25)22(18)26/h5-7,9,11-13H,8,10,14H2,1-4H3. The minimum atomic E-state index is -0.542. The zero-order chi connectivity index (χ0) is 21.9. The van der Waals surface area contributed by atoms with Gasteiger partial charge in [0.05, 0.1) is 13.5 Å². The summed E-state index contributed by atoms with van der Waals surface area (Å²) < 4.78 is 19.5. The molecule has 0 saturated carbocycles. The average molecular weight is 446 g/mol. The van der Waals surface area contributed by atoms with E-state index < -0.39 is 5.82 Å². The summed E-state index contributed by atoms with van der Waals surface area (Å²) in [5.74, 6) is -0.276. The van der Waals surface area contributed by atoms with Crippen molar-refractivity contribution in [3.05, 3.63) is 59.1 Å². The van der Waals surface area contributed by atoms with Gasteiger partial charge in [-0.2, -0.15) is 0 Å². The van der Waals surface area contributed by atoms with Crippen LogP contribution >= 0.6 is 23.4 Å². The van der Waals surface area contributed by atoms with E-state index in [4.69, 9.17) is 16.3 Å². The smallest absolute Gasteiger partial charge is 0.306 e. The van der Waals surface area contributed by atoms with Gasteiger partial charge in [0, 0.05) is 22.4 Å². The van der Waals surface area contributed by atoms with Gasteiger partial charge in [-0.15, -0.1) is 11.8 Å². The molecule has 3 aromatic rings. The molecule has 3 rings (SSSR count). The van der Waals surface area contributed by atoms with Crippen LogP contribution in [0, 0.1) is 11.2 Å². The Hall–Kier alpha value is -2.11. The molecule has 0 aliphatic rings. The molecule has 158 valence electrons. The van der Waals surface area contributed by atoms with Crippen LogP contribution in [0.25, 0.3) is 21.9 Å². The van der Waals surface area contributed by atoms with Gasteiger partial charge in [0.1, 0.15) is 0 Å². The molecule has 0 fully saturated rings. The minimum absolute atomic E-state index is 0.153. The topological polar surface area (TPSA) is 39.2 Å². The molecule has 0 N–H and O–H groups in total. The number of carbonyl (C=O) groups is 1. The normalized spacial score (nSPS) is 11.7. The number of esters is 1. The van der Waals surface area contributed by atoms with E-state index in [2.05, 4.69) is 44.0 Å². The first-order valence-corrected chi connectivity index (χ1v) is 11.1. The Morgan fingerprint density at radius 2 is 1.90 bits per heavy atom. The number of benzene rings is 2. The Morgan fingerprint density at radius 1 is 1.13 bits per heavy atom. The molecule has 0 saturated heterocycles. The van der Waals surface area contributed by atoms with E-state index in [9.17, 15) is 9.18 Å². The van der Waals surface area contributed by atoms with Gasteiger partial charge < -0.3 is 4.74 Å².